The number of carbonyl (C=O) groups excluding carboxylic acids is 2. The molecule has 47 heavy (non-hydrogen) atoms. The van der Waals surface area contributed by atoms with Crippen LogP contribution in [0.2, 0.25) is 0 Å². The number of sulfonamides is 1. The number of nitrogens with one attached hydrogen (secondary N) is 1. The minimum absolute atomic E-state index is 0.000786. The van der Waals surface area contributed by atoms with Gasteiger partial charge in [-0.25, -0.2) is 12.8 Å². The van der Waals surface area contributed by atoms with Crippen LogP contribution < -0.4 is 19.1 Å². The zero-order valence-electron chi connectivity index (χ0n) is 26.8. The Morgan fingerprint density at radius 1 is 0.851 bits per heavy atom. The molecule has 0 fully saturated rings. The quantitative estimate of drug-likeness (QED) is 0.168. The lowest BCUT2D eigenvalue weighted by Crippen LogP contribution is -2.53. The summed E-state index contributed by atoms with van der Waals surface area (Å²) in [7, 11) is -2.83. The van der Waals surface area contributed by atoms with Gasteiger partial charge in [0.1, 0.15) is 29.9 Å². The molecule has 0 unspecified atom stereocenters. The van der Waals surface area contributed by atoms with Crippen molar-refractivity contribution in [3.05, 3.63) is 120 Å². The Morgan fingerprint density at radius 2 is 1.53 bits per heavy atom. The molecule has 0 saturated carbocycles. The topological polar surface area (TPSA) is 105 Å². The van der Waals surface area contributed by atoms with Crippen LogP contribution in [-0.2, 0) is 32.6 Å². The first-order valence-electron chi connectivity index (χ1n) is 15.4. The van der Waals surface area contributed by atoms with E-state index in [1.54, 1.807) is 42.5 Å². The fourth-order valence-corrected chi connectivity index (χ4v) is 6.44. The van der Waals surface area contributed by atoms with E-state index >= 15 is 0 Å². The molecule has 0 saturated heterocycles. The third kappa shape index (κ3) is 9.32. The fraction of sp³-hybridized carbons (Fsp3) is 0.278. The predicted molar refractivity (Wildman–Crippen MR) is 179 cm³/mol. The van der Waals surface area contributed by atoms with Crippen LogP contribution in [0.4, 0.5) is 10.1 Å². The van der Waals surface area contributed by atoms with Crippen LogP contribution in [0.25, 0.3) is 0 Å². The normalized spacial score (nSPS) is 11.7. The summed E-state index contributed by atoms with van der Waals surface area (Å²) >= 11 is 0. The van der Waals surface area contributed by atoms with E-state index < -0.39 is 34.3 Å². The minimum atomic E-state index is -4.37. The number of amides is 2. The maximum absolute atomic E-state index is 14.5. The molecule has 11 heteroatoms. The van der Waals surface area contributed by atoms with Gasteiger partial charge in [0.25, 0.3) is 10.0 Å². The van der Waals surface area contributed by atoms with Crippen LogP contribution in [0.15, 0.2) is 108 Å². The third-order valence-electron chi connectivity index (χ3n) is 7.42. The van der Waals surface area contributed by atoms with E-state index in [0.717, 1.165) is 34.1 Å². The summed E-state index contributed by atoms with van der Waals surface area (Å²) in [5.74, 6) is -0.475. The number of anilines is 1. The molecule has 0 aliphatic heterocycles. The molecule has 0 radical (unpaired) electrons. The lowest BCUT2D eigenvalue weighted by atomic mass is 10.0. The lowest BCUT2D eigenvalue weighted by molar-refractivity contribution is -0.140. The van der Waals surface area contributed by atoms with E-state index in [9.17, 15) is 22.4 Å². The van der Waals surface area contributed by atoms with E-state index in [1.807, 2.05) is 50.2 Å². The van der Waals surface area contributed by atoms with Crippen molar-refractivity contribution in [3.63, 3.8) is 0 Å². The molecule has 248 valence electrons. The van der Waals surface area contributed by atoms with Crippen LogP contribution in [0, 0.1) is 5.82 Å². The van der Waals surface area contributed by atoms with E-state index in [4.69, 9.17) is 9.47 Å². The van der Waals surface area contributed by atoms with Crippen LogP contribution >= 0.6 is 0 Å². The Bertz CT molecular complexity index is 1720. The van der Waals surface area contributed by atoms with Gasteiger partial charge in [-0.15, -0.1) is 0 Å². The highest BCUT2D eigenvalue weighted by Crippen LogP contribution is 2.27. The average molecular weight is 662 g/mol. The van der Waals surface area contributed by atoms with Gasteiger partial charge in [-0.05, 0) is 85.1 Å². The second-order valence-electron chi connectivity index (χ2n) is 10.8. The summed E-state index contributed by atoms with van der Waals surface area (Å²) in [4.78, 5) is 29.5. The van der Waals surface area contributed by atoms with Crippen molar-refractivity contribution in [3.8, 4) is 11.5 Å². The summed E-state index contributed by atoms with van der Waals surface area (Å²) in [6.45, 7) is 3.95. The van der Waals surface area contributed by atoms with Crippen molar-refractivity contribution in [2.45, 2.75) is 44.2 Å². The summed E-state index contributed by atoms with van der Waals surface area (Å²) in [6, 6.07) is 26.2. The highest BCUT2D eigenvalue weighted by atomic mass is 32.2. The van der Waals surface area contributed by atoms with Crippen molar-refractivity contribution in [1.82, 2.24) is 10.2 Å². The summed E-state index contributed by atoms with van der Waals surface area (Å²) < 4.78 is 53.9. The molecule has 0 heterocycles. The molecule has 4 rings (SSSR count). The highest BCUT2D eigenvalue weighted by Gasteiger charge is 2.34. The summed E-state index contributed by atoms with van der Waals surface area (Å²) in [6.07, 6.45) is 0.884. The van der Waals surface area contributed by atoms with Gasteiger partial charge in [0.05, 0.1) is 24.3 Å². The van der Waals surface area contributed by atoms with Gasteiger partial charge >= 0.3 is 0 Å². The van der Waals surface area contributed by atoms with Crippen molar-refractivity contribution in [1.29, 1.82) is 0 Å². The molecule has 4 aromatic rings. The van der Waals surface area contributed by atoms with Crippen LogP contribution in [0.5, 0.6) is 11.5 Å². The Labute approximate surface area is 276 Å². The van der Waals surface area contributed by atoms with Crippen molar-refractivity contribution in [2.24, 2.45) is 0 Å². The number of hydrogen-bond acceptors (Lipinski definition) is 6. The zero-order chi connectivity index (χ0) is 33.8. The van der Waals surface area contributed by atoms with Crippen LogP contribution in [-0.4, -0.2) is 58.0 Å². The summed E-state index contributed by atoms with van der Waals surface area (Å²) in [5, 5.41) is 2.92. The number of ether oxygens (including phenoxy) is 2. The van der Waals surface area contributed by atoms with E-state index in [-0.39, 0.29) is 29.5 Å². The number of rotatable bonds is 16. The van der Waals surface area contributed by atoms with Gasteiger partial charge in [-0.2, -0.15) is 0 Å². The SMILES string of the molecule is CCCNC(=O)[C@H](Cc1ccccc1)N(Cc1cccc(OC)c1)C(=O)CN(c1ccc(OCC)cc1)S(=O)(=O)c1ccc(F)cc1. The summed E-state index contributed by atoms with van der Waals surface area (Å²) in [5.41, 5.74) is 1.71. The Hall–Kier alpha value is -4.90. The molecule has 0 aromatic heterocycles. The molecule has 9 nitrogen and oxygen atoms in total. The molecule has 0 bridgehead atoms. The minimum Gasteiger partial charge on any atom is -0.497 e. The standard InChI is InChI=1S/C36H40FN3O6S/c1-4-22-38-36(42)34(24-27-10-7-6-8-11-27)39(25-28-12-9-13-32(23-28)45-3)35(41)26-40(30-16-18-31(19-17-30)46-5-2)47(43,44)33-20-14-29(37)15-21-33/h6-21,23,34H,4-5,22,24-26H2,1-3H3,(H,38,42)/t34-/m0/s1. The molecule has 0 spiro atoms. The Balaban J connectivity index is 1.80. The smallest absolute Gasteiger partial charge is 0.264 e. The maximum atomic E-state index is 14.5. The monoisotopic (exact) mass is 661 g/mol. The third-order valence-corrected chi connectivity index (χ3v) is 9.21. The van der Waals surface area contributed by atoms with Gasteiger partial charge in [0, 0.05) is 19.5 Å². The van der Waals surface area contributed by atoms with E-state index in [2.05, 4.69) is 5.32 Å². The first-order chi connectivity index (χ1) is 22.7. The lowest BCUT2D eigenvalue weighted by Gasteiger charge is -2.34. The molecule has 2 amide bonds. The molecule has 1 atom stereocenters. The van der Waals surface area contributed by atoms with Crippen molar-refractivity contribution in [2.75, 3.05) is 31.1 Å². The van der Waals surface area contributed by atoms with Gasteiger partial charge in [0.15, 0.2) is 0 Å². The number of carbonyl (C=O) groups is 2. The molecule has 1 N–H and O–H groups in total. The molecule has 4 aromatic carbocycles. The van der Waals surface area contributed by atoms with Gasteiger partial charge < -0.3 is 19.7 Å². The molecule has 0 aliphatic carbocycles. The Morgan fingerprint density at radius 3 is 2.17 bits per heavy atom. The second-order valence-corrected chi connectivity index (χ2v) is 12.6. The number of halogens is 1. The zero-order valence-corrected chi connectivity index (χ0v) is 27.6. The largest absolute Gasteiger partial charge is 0.497 e. The van der Waals surface area contributed by atoms with Gasteiger partial charge in [0.2, 0.25) is 11.8 Å². The molecular formula is C36H40FN3O6S. The number of nitrogens with zero attached hydrogens (tertiary/aromatic N) is 2. The van der Waals surface area contributed by atoms with Crippen LogP contribution in [0.1, 0.15) is 31.4 Å². The Kier molecular flexibility index (Phi) is 12.3. The molecular weight excluding hydrogens is 621 g/mol. The maximum Gasteiger partial charge on any atom is 0.264 e. The second kappa shape index (κ2) is 16.6. The highest BCUT2D eigenvalue weighted by molar-refractivity contribution is 7.92. The van der Waals surface area contributed by atoms with Gasteiger partial charge in [-0.3, -0.25) is 13.9 Å². The van der Waals surface area contributed by atoms with Crippen molar-refractivity contribution >= 4 is 27.5 Å². The average Bonchev–Trinajstić information content (AvgIpc) is 3.08. The first-order valence-corrected chi connectivity index (χ1v) is 16.9. The predicted octanol–water partition coefficient (Wildman–Crippen LogP) is 5.59. The van der Waals surface area contributed by atoms with Crippen molar-refractivity contribution < 1.29 is 31.9 Å². The van der Waals surface area contributed by atoms with Gasteiger partial charge in [-0.1, -0.05) is 49.4 Å². The number of benzene rings is 4. The van der Waals surface area contributed by atoms with E-state index in [0.29, 0.717) is 36.6 Å². The fourth-order valence-electron chi connectivity index (χ4n) is 5.03. The number of hydrogen-bond donors (Lipinski definition) is 1. The van der Waals surface area contributed by atoms with Crippen LogP contribution in [0.3, 0.4) is 0 Å². The molecule has 0 aliphatic rings. The number of methoxy groups -OCH3 is 1. The first kappa shape index (κ1) is 35.0. The van der Waals surface area contributed by atoms with E-state index in [1.165, 1.54) is 12.0 Å².